The average Bonchev–Trinajstić information content (AvgIpc) is 1.61. The van der Waals surface area contributed by atoms with Gasteiger partial charge in [-0.1, -0.05) is 45.2 Å². The van der Waals surface area contributed by atoms with Gasteiger partial charge in [-0.3, -0.25) is 0 Å². The van der Waals surface area contributed by atoms with Crippen molar-refractivity contribution in [2.45, 2.75) is 14.8 Å². The van der Waals surface area contributed by atoms with Crippen molar-refractivity contribution in [1.29, 1.82) is 0 Å². The topological polar surface area (TPSA) is 20.2 Å². The molecule has 0 saturated heterocycles. The predicted molar refractivity (Wildman–Crippen MR) is 48.1 cm³/mol. The van der Waals surface area contributed by atoms with Crippen LogP contribution in [0.5, 0.6) is 0 Å². The molecule has 0 aromatic heterocycles. The average molecular weight is 326 g/mol. The summed E-state index contributed by atoms with van der Waals surface area (Å²) in [5, 5.41) is 8.31. The second-order valence-electron chi connectivity index (χ2n) is 1.26. The number of aliphatic hydroxyl groups excluding tert-OH is 1. The summed E-state index contributed by atoms with van der Waals surface area (Å²) in [6.07, 6.45) is 2.06. The molecule has 1 N–H and O–H groups in total. The molecule has 0 aromatic rings. The second-order valence-corrected chi connectivity index (χ2v) is 6.65. The van der Waals surface area contributed by atoms with E-state index in [0.29, 0.717) is 8.54 Å². The maximum Gasteiger partial charge on any atom is 0.0627 e. The molecule has 0 spiro atoms. The van der Waals surface area contributed by atoms with E-state index in [4.69, 9.17) is 5.11 Å². The van der Waals surface area contributed by atoms with Gasteiger partial charge in [0.15, 0.2) is 0 Å². The third-order valence-electron chi connectivity index (χ3n) is 0.580. The quantitative estimate of drug-likeness (QED) is 0.621. The van der Waals surface area contributed by atoms with Gasteiger partial charge in [-0.2, -0.15) is 0 Å². The van der Waals surface area contributed by atoms with Crippen molar-refractivity contribution >= 4 is 45.2 Å². The molecule has 0 fully saturated rings. The first-order valence-corrected chi connectivity index (χ1v) is 4.65. The zero-order valence-corrected chi connectivity index (χ0v) is 8.22. The molecule has 0 saturated carbocycles. The van der Waals surface area contributed by atoms with E-state index >= 15 is 0 Å². The van der Waals surface area contributed by atoms with E-state index in [1.807, 2.05) is 0 Å². The van der Waals surface area contributed by atoms with E-state index in [1.54, 1.807) is 0 Å². The lowest BCUT2D eigenvalue weighted by molar-refractivity contribution is 0.287. The van der Waals surface area contributed by atoms with Gasteiger partial charge in [0.05, 0.1) is 1.93 Å². The first-order chi connectivity index (χ1) is 3.27. The molecule has 7 heavy (non-hydrogen) atoms. The van der Waals surface area contributed by atoms with Crippen LogP contribution >= 0.6 is 45.2 Å². The smallest absolute Gasteiger partial charge is 0.0627 e. The van der Waals surface area contributed by atoms with Crippen molar-refractivity contribution in [2.24, 2.45) is 0 Å². The Bertz CT molecular complexity index is 38.7. The predicted octanol–water partition coefficient (Wildman–Crippen LogP) is 1.96. The minimum absolute atomic E-state index is 0.336. The second kappa shape index (κ2) is 5.55. The zero-order valence-electron chi connectivity index (χ0n) is 3.90. The molecule has 0 rings (SSSR count). The normalized spacial score (nSPS) is 10.3. The molecule has 0 unspecified atom stereocenters. The Labute approximate surface area is 71.2 Å². The number of alkyl halides is 2. The van der Waals surface area contributed by atoms with Gasteiger partial charge in [0, 0.05) is 6.61 Å². The maximum atomic E-state index is 8.31. The van der Waals surface area contributed by atoms with Crippen LogP contribution in [0.15, 0.2) is 0 Å². The Hall–Kier alpha value is 1.42. The zero-order chi connectivity index (χ0) is 5.70. The molecule has 44 valence electrons. The van der Waals surface area contributed by atoms with Crippen molar-refractivity contribution in [1.82, 2.24) is 0 Å². The summed E-state index contributed by atoms with van der Waals surface area (Å²) >= 11 is 4.68. The van der Waals surface area contributed by atoms with E-state index in [-0.39, 0.29) is 0 Å². The summed E-state index contributed by atoms with van der Waals surface area (Å²) in [6, 6.07) is 0. The summed E-state index contributed by atoms with van der Waals surface area (Å²) in [7, 11) is 0. The highest BCUT2D eigenvalue weighted by molar-refractivity contribution is 14.2. The minimum Gasteiger partial charge on any atom is -0.396 e. The highest BCUT2D eigenvalue weighted by atomic mass is 127. The van der Waals surface area contributed by atoms with Crippen LogP contribution in [0.25, 0.3) is 0 Å². The molecule has 0 aromatic carbocycles. The molecule has 3 heteroatoms. The lowest BCUT2D eigenvalue weighted by atomic mass is 10.4. The Balaban J connectivity index is 2.68. The minimum atomic E-state index is 0.336. The first-order valence-electron chi connectivity index (χ1n) is 2.16. The summed E-state index contributed by atoms with van der Waals surface area (Å²) in [5.74, 6) is 0. The van der Waals surface area contributed by atoms with E-state index in [1.165, 1.54) is 0 Å². The number of aliphatic hydroxyl groups is 1. The van der Waals surface area contributed by atoms with Gasteiger partial charge in [-0.05, 0) is 12.8 Å². The van der Waals surface area contributed by atoms with E-state index in [2.05, 4.69) is 45.2 Å². The van der Waals surface area contributed by atoms with Crippen LogP contribution < -0.4 is 0 Å². The number of rotatable bonds is 3. The standard InChI is InChI=1S/C4H8I2O/c5-4(6)2-1-3-7/h4,7H,1-3H2. The molecule has 0 aliphatic heterocycles. The molecule has 0 aliphatic rings. The lowest BCUT2D eigenvalue weighted by Gasteiger charge is -1.94. The molecule has 0 bridgehead atoms. The fourth-order valence-corrected chi connectivity index (χ4v) is 1.13. The Kier molecular flexibility index (Phi) is 6.68. The summed E-state index contributed by atoms with van der Waals surface area (Å²) in [6.45, 7) is 0.336. The largest absolute Gasteiger partial charge is 0.396 e. The van der Waals surface area contributed by atoms with Gasteiger partial charge < -0.3 is 5.11 Å². The fourth-order valence-electron chi connectivity index (χ4n) is 0.246. The third-order valence-corrected chi connectivity index (χ3v) is 1.83. The first kappa shape index (κ1) is 8.42. The summed E-state index contributed by atoms with van der Waals surface area (Å²) in [5.41, 5.74) is 0. The van der Waals surface area contributed by atoms with Gasteiger partial charge >= 0.3 is 0 Å². The molecule has 0 amide bonds. The van der Waals surface area contributed by atoms with Crippen molar-refractivity contribution in [2.75, 3.05) is 6.61 Å². The lowest BCUT2D eigenvalue weighted by Crippen LogP contribution is -1.87. The highest BCUT2D eigenvalue weighted by Gasteiger charge is 1.93. The monoisotopic (exact) mass is 326 g/mol. The van der Waals surface area contributed by atoms with Gasteiger partial charge in [-0.15, -0.1) is 0 Å². The van der Waals surface area contributed by atoms with Gasteiger partial charge in [0.2, 0.25) is 0 Å². The van der Waals surface area contributed by atoms with Crippen molar-refractivity contribution in [3.8, 4) is 0 Å². The van der Waals surface area contributed by atoms with E-state index < -0.39 is 0 Å². The Morgan fingerprint density at radius 2 is 2.00 bits per heavy atom. The molecular weight excluding hydrogens is 318 g/mol. The maximum absolute atomic E-state index is 8.31. The molecule has 0 heterocycles. The van der Waals surface area contributed by atoms with Crippen molar-refractivity contribution < 1.29 is 5.11 Å². The van der Waals surface area contributed by atoms with Gasteiger partial charge in [0.1, 0.15) is 0 Å². The number of hydrogen-bond acceptors (Lipinski definition) is 1. The molecule has 0 aliphatic carbocycles. The van der Waals surface area contributed by atoms with Crippen molar-refractivity contribution in [3.63, 3.8) is 0 Å². The van der Waals surface area contributed by atoms with Crippen LogP contribution in [0, 0.1) is 0 Å². The third kappa shape index (κ3) is 7.42. The molecule has 0 atom stereocenters. The van der Waals surface area contributed by atoms with Gasteiger partial charge in [0.25, 0.3) is 0 Å². The van der Waals surface area contributed by atoms with Crippen LogP contribution in [0.2, 0.25) is 0 Å². The summed E-state index contributed by atoms with van der Waals surface area (Å²) in [4.78, 5) is 0. The molecule has 0 radical (unpaired) electrons. The SMILES string of the molecule is OCCCC(I)I. The van der Waals surface area contributed by atoms with E-state index in [0.717, 1.165) is 12.8 Å². The van der Waals surface area contributed by atoms with Crippen LogP contribution in [-0.4, -0.2) is 13.6 Å². The number of halogens is 2. The van der Waals surface area contributed by atoms with Crippen LogP contribution in [-0.2, 0) is 0 Å². The highest BCUT2D eigenvalue weighted by Crippen LogP contribution is 2.15. The van der Waals surface area contributed by atoms with E-state index in [9.17, 15) is 0 Å². The van der Waals surface area contributed by atoms with Crippen molar-refractivity contribution in [3.05, 3.63) is 0 Å². The molecular formula is C4H8I2O. The Morgan fingerprint density at radius 1 is 1.43 bits per heavy atom. The summed E-state index contributed by atoms with van der Waals surface area (Å²) < 4.78 is 0.683. The van der Waals surface area contributed by atoms with Crippen LogP contribution in [0.1, 0.15) is 12.8 Å². The Morgan fingerprint density at radius 3 is 2.14 bits per heavy atom. The van der Waals surface area contributed by atoms with Crippen LogP contribution in [0.4, 0.5) is 0 Å². The number of hydrogen-bond donors (Lipinski definition) is 1. The van der Waals surface area contributed by atoms with Crippen LogP contribution in [0.3, 0.4) is 0 Å². The molecule has 1 nitrogen and oxygen atoms in total. The fraction of sp³-hybridized carbons (Fsp3) is 1.00. The van der Waals surface area contributed by atoms with Gasteiger partial charge in [-0.25, -0.2) is 0 Å².